The molecule has 1 saturated carbocycles. The summed E-state index contributed by atoms with van der Waals surface area (Å²) in [6.07, 6.45) is 2.13. The first-order valence-corrected chi connectivity index (χ1v) is 13.8. The molecular weight excluding hydrogens is 634 g/mol. The van der Waals surface area contributed by atoms with Gasteiger partial charge in [-0.25, -0.2) is 0 Å². The van der Waals surface area contributed by atoms with E-state index >= 15 is 0 Å². The molecule has 2 aliphatic carbocycles. The third-order valence-electron chi connectivity index (χ3n) is 8.29. The molecule has 2 heterocycles. The summed E-state index contributed by atoms with van der Waals surface area (Å²) in [6.45, 7) is 5.43. The van der Waals surface area contributed by atoms with E-state index in [1.54, 1.807) is 12.1 Å². The van der Waals surface area contributed by atoms with Crippen LogP contribution < -0.4 is 4.74 Å². The number of allylic oxidation sites excluding steroid dienone is 2. The molecule has 4 aliphatic rings. The van der Waals surface area contributed by atoms with Gasteiger partial charge in [0, 0.05) is 18.5 Å². The molecule has 6 atom stereocenters. The maximum atomic E-state index is 13.8. The number of carbonyl (C=O) groups excluding carboxylic acids is 4. The molecular formula is C26H27Cl2IN2O6. The van der Waals surface area contributed by atoms with Gasteiger partial charge in [-0.3, -0.25) is 29.0 Å². The van der Waals surface area contributed by atoms with Crippen LogP contribution in [-0.4, -0.2) is 68.0 Å². The standard InChI is InChI=1S/C26H27Cl2IN2O6/c1-24(2,3)31-20(33)13-7-6-12-14(17(13)21(31)34)10-25(27)22(35)30(4)23(36)26(25,28)18(12)11-8-15(29)19(32)16(9-11)37-5/h6,8-9,13-14,17-18,32H,7,10H2,1-5H3. The summed E-state index contributed by atoms with van der Waals surface area (Å²) < 4.78 is 5.82. The van der Waals surface area contributed by atoms with E-state index in [4.69, 9.17) is 27.9 Å². The number of rotatable bonds is 2. The fourth-order valence-corrected chi connectivity index (χ4v) is 8.34. The number of hydrogen-bond acceptors (Lipinski definition) is 6. The summed E-state index contributed by atoms with van der Waals surface area (Å²) in [7, 11) is 2.76. The number of phenolic OH excluding ortho intramolecular Hbond substituents is 1. The van der Waals surface area contributed by atoms with Crippen LogP contribution in [0.1, 0.15) is 45.1 Å². The van der Waals surface area contributed by atoms with Crippen LogP contribution in [0.4, 0.5) is 0 Å². The van der Waals surface area contributed by atoms with Crippen LogP contribution >= 0.6 is 45.8 Å². The monoisotopic (exact) mass is 660 g/mol. The molecule has 37 heavy (non-hydrogen) atoms. The van der Waals surface area contributed by atoms with Gasteiger partial charge < -0.3 is 9.84 Å². The Morgan fingerprint density at radius 3 is 2.32 bits per heavy atom. The van der Waals surface area contributed by atoms with E-state index in [1.165, 1.54) is 19.1 Å². The number of fused-ring (bicyclic) bond motifs is 4. The number of likely N-dealkylation sites (tertiary alicyclic amines) is 2. The minimum atomic E-state index is -1.88. The SMILES string of the molecule is COc1cc(C2C3=CCC4C(=O)N(C(C)(C)C)C(=O)C4C3CC3(Cl)C(=O)N(C)C(=O)C23Cl)cc(I)c1O. The lowest BCUT2D eigenvalue weighted by atomic mass is 9.56. The Morgan fingerprint density at radius 2 is 1.73 bits per heavy atom. The van der Waals surface area contributed by atoms with Gasteiger partial charge in [0.15, 0.2) is 21.2 Å². The fourth-order valence-electron chi connectivity index (χ4n) is 6.70. The Hall–Kier alpha value is -1.85. The number of aromatic hydroxyl groups is 1. The molecule has 2 saturated heterocycles. The van der Waals surface area contributed by atoms with Crippen LogP contribution in [0.3, 0.4) is 0 Å². The smallest absolute Gasteiger partial charge is 0.253 e. The fraction of sp³-hybridized carbons (Fsp3) is 0.538. The third kappa shape index (κ3) is 3.32. The molecule has 2 aliphatic heterocycles. The number of methoxy groups -OCH3 is 1. The van der Waals surface area contributed by atoms with Gasteiger partial charge in [0.05, 0.1) is 22.5 Å². The summed E-state index contributed by atoms with van der Waals surface area (Å²) in [5.41, 5.74) is 0.507. The van der Waals surface area contributed by atoms with Crippen molar-refractivity contribution in [3.8, 4) is 11.5 Å². The molecule has 0 radical (unpaired) electrons. The van der Waals surface area contributed by atoms with Crippen molar-refractivity contribution in [1.82, 2.24) is 9.80 Å². The van der Waals surface area contributed by atoms with E-state index in [-0.39, 0.29) is 29.7 Å². The predicted molar refractivity (Wildman–Crippen MR) is 144 cm³/mol. The number of phenols is 1. The number of benzene rings is 1. The number of nitrogens with zero attached hydrogens (tertiary/aromatic N) is 2. The first-order valence-electron chi connectivity index (χ1n) is 12.0. The molecule has 0 aromatic heterocycles. The maximum absolute atomic E-state index is 13.8. The quantitative estimate of drug-likeness (QED) is 0.224. The summed E-state index contributed by atoms with van der Waals surface area (Å²) >= 11 is 16.3. The molecule has 0 bridgehead atoms. The molecule has 4 amide bonds. The van der Waals surface area contributed by atoms with Crippen molar-refractivity contribution in [2.24, 2.45) is 17.8 Å². The van der Waals surface area contributed by atoms with E-state index in [0.29, 0.717) is 21.1 Å². The number of amides is 4. The summed E-state index contributed by atoms with van der Waals surface area (Å²) in [5.74, 6) is -4.50. The van der Waals surface area contributed by atoms with Crippen LogP contribution in [0.15, 0.2) is 23.8 Å². The predicted octanol–water partition coefficient (Wildman–Crippen LogP) is 3.79. The van der Waals surface area contributed by atoms with Crippen molar-refractivity contribution in [1.29, 1.82) is 0 Å². The number of carbonyl (C=O) groups is 4. The molecule has 1 N–H and O–H groups in total. The van der Waals surface area contributed by atoms with Crippen LogP contribution in [0, 0.1) is 21.3 Å². The van der Waals surface area contributed by atoms with Crippen molar-refractivity contribution in [2.75, 3.05) is 14.2 Å². The summed E-state index contributed by atoms with van der Waals surface area (Å²) in [4.78, 5) is 52.8. The topological polar surface area (TPSA) is 104 Å². The van der Waals surface area contributed by atoms with Crippen molar-refractivity contribution >= 4 is 69.4 Å². The molecule has 198 valence electrons. The van der Waals surface area contributed by atoms with Gasteiger partial charge in [0.2, 0.25) is 11.8 Å². The zero-order valence-electron chi connectivity index (χ0n) is 21.0. The van der Waals surface area contributed by atoms with Gasteiger partial charge in [-0.15, -0.1) is 23.2 Å². The molecule has 1 aromatic rings. The van der Waals surface area contributed by atoms with Gasteiger partial charge in [0.25, 0.3) is 11.8 Å². The lowest BCUT2D eigenvalue weighted by Crippen LogP contribution is -2.60. The van der Waals surface area contributed by atoms with Gasteiger partial charge in [-0.2, -0.15) is 0 Å². The van der Waals surface area contributed by atoms with E-state index < -0.39 is 50.8 Å². The average molecular weight is 661 g/mol. The van der Waals surface area contributed by atoms with Gasteiger partial charge in [-0.1, -0.05) is 11.6 Å². The van der Waals surface area contributed by atoms with E-state index in [9.17, 15) is 24.3 Å². The van der Waals surface area contributed by atoms with Gasteiger partial charge >= 0.3 is 0 Å². The number of ether oxygens (including phenoxy) is 1. The molecule has 5 rings (SSSR count). The second-order valence-corrected chi connectivity index (χ2v) is 13.6. The minimum absolute atomic E-state index is 0.0558. The zero-order chi connectivity index (χ0) is 27.4. The second-order valence-electron chi connectivity index (χ2n) is 11.2. The zero-order valence-corrected chi connectivity index (χ0v) is 24.6. The highest BCUT2D eigenvalue weighted by Gasteiger charge is 2.76. The Bertz CT molecular complexity index is 1310. The molecule has 8 nitrogen and oxygen atoms in total. The van der Waals surface area contributed by atoms with Crippen LogP contribution in [0.2, 0.25) is 0 Å². The maximum Gasteiger partial charge on any atom is 0.253 e. The summed E-state index contributed by atoms with van der Waals surface area (Å²) in [5, 5.41) is 10.5. The Labute approximate surface area is 238 Å². The number of imide groups is 2. The highest BCUT2D eigenvalue weighted by atomic mass is 127. The molecule has 0 spiro atoms. The Morgan fingerprint density at radius 1 is 1.08 bits per heavy atom. The number of hydrogen-bond donors (Lipinski definition) is 1. The molecule has 1 aromatic carbocycles. The number of alkyl halides is 2. The van der Waals surface area contributed by atoms with Crippen molar-refractivity contribution < 1.29 is 29.0 Å². The average Bonchev–Trinajstić information content (AvgIpc) is 3.16. The van der Waals surface area contributed by atoms with Crippen molar-refractivity contribution in [2.45, 2.75) is 54.8 Å². The van der Waals surface area contributed by atoms with E-state index in [0.717, 1.165) is 4.90 Å². The number of halogens is 3. The normalized spacial score (nSPS) is 35.4. The minimum Gasteiger partial charge on any atom is -0.504 e. The van der Waals surface area contributed by atoms with Crippen LogP contribution in [0.5, 0.6) is 11.5 Å². The van der Waals surface area contributed by atoms with Crippen LogP contribution in [0.25, 0.3) is 0 Å². The molecule has 11 heteroatoms. The van der Waals surface area contributed by atoms with Crippen LogP contribution in [-0.2, 0) is 19.2 Å². The second kappa shape index (κ2) is 8.32. The van der Waals surface area contributed by atoms with Gasteiger partial charge in [0.1, 0.15) is 0 Å². The van der Waals surface area contributed by atoms with Crippen molar-refractivity contribution in [3.63, 3.8) is 0 Å². The largest absolute Gasteiger partial charge is 0.504 e. The first kappa shape index (κ1) is 26.7. The van der Waals surface area contributed by atoms with Gasteiger partial charge in [-0.05, 0) is 79.8 Å². The molecule has 6 unspecified atom stereocenters. The first-order chi connectivity index (χ1) is 17.1. The lowest BCUT2D eigenvalue weighted by Gasteiger charge is -2.50. The van der Waals surface area contributed by atoms with Crippen molar-refractivity contribution in [3.05, 3.63) is 32.9 Å². The lowest BCUT2D eigenvalue weighted by molar-refractivity contribution is -0.146. The van der Waals surface area contributed by atoms with E-state index in [1.807, 2.05) is 49.4 Å². The molecule has 3 fully saturated rings. The Kier molecular flexibility index (Phi) is 6.02. The Balaban J connectivity index is 1.75. The summed E-state index contributed by atoms with van der Waals surface area (Å²) in [6, 6.07) is 3.26. The third-order valence-corrected chi connectivity index (χ3v) is 10.5. The highest BCUT2D eigenvalue weighted by Crippen LogP contribution is 2.65. The highest BCUT2D eigenvalue weighted by molar-refractivity contribution is 14.1. The van der Waals surface area contributed by atoms with E-state index in [2.05, 4.69) is 0 Å².